The Balaban J connectivity index is 1.18. The van der Waals surface area contributed by atoms with Crippen molar-refractivity contribution in [2.24, 2.45) is 23.2 Å². The molecule has 0 unspecified atom stereocenters. The summed E-state index contributed by atoms with van der Waals surface area (Å²) in [5.41, 5.74) is -0.0335. The minimum atomic E-state index is -0.0335. The number of rotatable bonds is 7. The summed E-state index contributed by atoms with van der Waals surface area (Å²) >= 11 is 1.60. The van der Waals surface area contributed by atoms with E-state index in [4.69, 9.17) is 9.47 Å². The number of anilines is 1. The molecule has 4 bridgehead atoms. The molecular formula is C23H34N4O3S. The van der Waals surface area contributed by atoms with Crippen molar-refractivity contribution >= 4 is 23.5 Å². The molecule has 0 aromatic carbocycles. The zero-order valence-corrected chi connectivity index (χ0v) is 19.2. The largest absolute Gasteiger partial charge is 0.378 e. The van der Waals surface area contributed by atoms with E-state index in [1.165, 1.54) is 19.3 Å². The van der Waals surface area contributed by atoms with Gasteiger partial charge in [0.05, 0.1) is 31.6 Å². The Hall–Kier alpha value is -1.12. The van der Waals surface area contributed by atoms with Gasteiger partial charge in [-0.1, -0.05) is 11.8 Å². The fraction of sp³-hybridized carbons (Fsp3) is 0.870. The van der Waals surface area contributed by atoms with E-state index in [1.54, 1.807) is 11.8 Å². The van der Waals surface area contributed by atoms with Crippen LogP contribution in [-0.4, -0.2) is 65.3 Å². The van der Waals surface area contributed by atoms with Crippen LogP contribution in [0.4, 0.5) is 5.95 Å². The van der Waals surface area contributed by atoms with Crippen molar-refractivity contribution in [1.29, 1.82) is 0 Å². The lowest BCUT2D eigenvalue weighted by Crippen LogP contribution is -2.50. The molecule has 0 radical (unpaired) electrons. The number of hydrogen-bond donors (Lipinski definition) is 0. The smallest absolute Gasteiger partial charge is 0.228 e. The summed E-state index contributed by atoms with van der Waals surface area (Å²) in [6.45, 7) is 4.72. The van der Waals surface area contributed by atoms with Crippen LogP contribution in [0, 0.1) is 23.2 Å². The van der Waals surface area contributed by atoms with Gasteiger partial charge in [-0.05, 0) is 69.1 Å². The number of hydrogen-bond acceptors (Lipinski definition) is 7. The molecule has 2 saturated heterocycles. The van der Waals surface area contributed by atoms with Gasteiger partial charge in [-0.25, -0.2) is 0 Å². The van der Waals surface area contributed by atoms with E-state index in [1.807, 2.05) is 0 Å². The van der Waals surface area contributed by atoms with Gasteiger partial charge in [0.15, 0.2) is 5.16 Å². The molecule has 1 aromatic heterocycles. The monoisotopic (exact) mass is 446 g/mol. The third-order valence-corrected chi connectivity index (χ3v) is 9.33. The Morgan fingerprint density at radius 1 is 1.03 bits per heavy atom. The van der Waals surface area contributed by atoms with E-state index in [2.05, 4.69) is 19.7 Å². The first-order chi connectivity index (χ1) is 15.2. The fourth-order valence-electron chi connectivity index (χ4n) is 7.27. The molecule has 7 nitrogen and oxygen atoms in total. The quantitative estimate of drug-likeness (QED) is 0.596. The number of Topliss-reactive ketones (excluding diaryl/α,β-unsaturated/α-hetero) is 1. The maximum Gasteiger partial charge on any atom is 0.228 e. The summed E-state index contributed by atoms with van der Waals surface area (Å²) < 4.78 is 13.6. The van der Waals surface area contributed by atoms with Crippen LogP contribution in [0.3, 0.4) is 0 Å². The maximum absolute atomic E-state index is 13.5. The Morgan fingerprint density at radius 3 is 2.39 bits per heavy atom. The summed E-state index contributed by atoms with van der Waals surface area (Å²) in [4.78, 5) is 15.8. The van der Waals surface area contributed by atoms with Crippen molar-refractivity contribution in [3.63, 3.8) is 0 Å². The van der Waals surface area contributed by atoms with E-state index in [0.29, 0.717) is 11.5 Å². The van der Waals surface area contributed by atoms with Crippen molar-refractivity contribution in [2.75, 3.05) is 43.6 Å². The summed E-state index contributed by atoms with van der Waals surface area (Å²) in [6.07, 6.45) is 9.95. The number of thioether (sulfide) groups is 1. The number of ether oxygens (including phenoxy) is 2. The molecule has 1 atom stereocenters. The molecule has 2 aliphatic heterocycles. The van der Waals surface area contributed by atoms with Crippen molar-refractivity contribution in [3.8, 4) is 0 Å². The predicted octanol–water partition coefficient (Wildman–Crippen LogP) is 3.17. The first kappa shape index (κ1) is 20.5. The molecule has 7 rings (SSSR count). The molecule has 170 valence electrons. The number of aromatic nitrogens is 3. The van der Waals surface area contributed by atoms with E-state index < -0.39 is 0 Å². The number of carbonyl (C=O) groups is 1. The highest BCUT2D eigenvalue weighted by molar-refractivity contribution is 7.99. The number of morpholine rings is 1. The molecule has 6 aliphatic rings. The molecule has 31 heavy (non-hydrogen) atoms. The van der Waals surface area contributed by atoms with Gasteiger partial charge < -0.3 is 14.4 Å². The van der Waals surface area contributed by atoms with Crippen LogP contribution in [0.15, 0.2) is 5.16 Å². The number of nitrogens with zero attached hydrogens (tertiary/aromatic N) is 4. The zero-order chi connectivity index (χ0) is 20.8. The van der Waals surface area contributed by atoms with Gasteiger partial charge in [0, 0.05) is 25.1 Å². The minimum absolute atomic E-state index is 0.0335. The summed E-state index contributed by atoms with van der Waals surface area (Å²) in [6, 6.07) is 0. The van der Waals surface area contributed by atoms with Crippen LogP contribution in [-0.2, 0) is 20.8 Å². The SMILES string of the molecule is O=C(CSc1nnc(N2CCOCC2)n1C[C@H]1CCCO1)C12CC3CC(CC(C3)C1)C2. The van der Waals surface area contributed by atoms with Crippen LogP contribution in [0.25, 0.3) is 0 Å². The molecule has 0 amide bonds. The zero-order valence-electron chi connectivity index (χ0n) is 18.3. The van der Waals surface area contributed by atoms with Crippen molar-refractivity contribution in [3.05, 3.63) is 0 Å². The molecule has 4 aliphatic carbocycles. The van der Waals surface area contributed by atoms with E-state index >= 15 is 0 Å². The molecule has 0 spiro atoms. The first-order valence-corrected chi connectivity index (χ1v) is 13.2. The van der Waals surface area contributed by atoms with Gasteiger partial charge in [-0.3, -0.25) is 9.36 Å². The fourth-order valence-corrected chi connectivity index (χ4v) is 8.25. The molecule has 3 heterocycles. The number of ketones is 1. The molecular weight excluding hydrogens is 412 g/mol. The van der Waals surface area contributed by atoms with Crippen LogP contribution >= 0.6 is 11.8 Å². The van der Waals surface area contributed by atoms with Crippen LogP contribution in [0.1, 0.15) is 51.4 Å². The molecule has 0 N–H and O–H groups in total. The van der Waals surface area contributed by atoms with Gasteiger partial charge in [0.25, 0.3) is 0 Å². The van der Waals surface area contributed by atoms with Crippen LogP contribution in [0.2, 0.25) is 0 Å². The number of carbonyl (C=O) groups excluding carboxylic acids is 1. The van der Waals surface area contributed by atoms with Crippen molar-refractivity contribution in [2.45, 2.75) is 69.2 Å². The normalized spacial score (nSPS) is 37.0. The predicted molar refractivity (Wildman–Crippen MR) is 118 cm³/mol. The first-order valence-electron chi connectivity index (χ1n) is 12.2. The van der Waals surface area contributed by atoms with Crippen LogP contribution in [0.5, 0.6) is 0 Å². The van der Waals surface area contributed by atoms with Gasteiger partial charge in [0.1, 0.15) is 5.78 Å². The summed E-state index contributed by atoms with van der Waals surface area (Å²) in [5.74, 6) is 4.31. The molecule has 1 aromatic rings. The second-order valence-electron chi connectivity index (χ2n) is 10.5. The topological polar surface area (TPSA) is 69.5 Å². The Bertz CT molecular complexity index is 780. The van der Waals surface area contributed by atoms with E-state index in [-0.39, 0.29) is 11.5 Å². The second kappa shape index (κ2) is 8.34. The van der Waals surface area contributed by atoms with Crippen molar-refractivity contribution in [1.82, 2.24) is 14.8 Å². The molecule has 4 saturated carbocycles. The third-order valence-electron chi connectivity index (χ3n) is 8.36. The van der Waals surface area contributed by atoms with Gasteiger partial charge in [-0.2, -0.15) is 0 Å². The minimum Gasteiger partial charge on any atom is -0.378 e. The lowest BCUT2D eigenvalue weighted by Gasteiger charge is -2.56. The van der Waals surface area contributed by atoms with Gasteiger partial charge in [0.2, 0.25) is 5.95 Å². The average molecular weight is 447 g/mol. The lowest BCUT2D eigenvalue weighted by atomic mass is 9.48. The lowest BCUT2D eigenvalue weighted by molar-refractivity contribution is -0.141. The van der Waals surface area contributed by atoms with Gasteiger partial charge >= 0.3 is 0 Å². The van der Waals surface area contributed by atoms with Gasteiger partial charge in [-0.15, -0.1) is 10.2 Å². The van der Waals surface area contributed by atoms with Crippen LogP contribution < -0.4 is 4.90 Å². The second-order valence-corrected chi connectivity index (χ2v) is 11.5. The average Bonchev–Trinajstić information content (AvgIpc) is 3.42. The highest BCUT2D eigenvalue weighted by Crippen LogP contribution is 2.60. The van der Waals surface area contributed by atoms with Crippen molar-refractivity contribution < 1.29 is 14.3 Å². The van der Waals surface area contributed by atoms with E-state index in [9.17, 15) is 4.79 Å². The molecule has 6 fully saturated rings. The molecule has 8 heteroatoms. The standard InChI is InChI=1S/C23H34N4O3S/c28-20(23-11-16-8-17(12-23)10-18(9-16)13-23)15-31-22-25-24-21(26-3-6-29-7-4-26)27(22)14-19-2-1-5-30-19/h16-19H,1-15H2/t16?,17?,18?,19-,23?/m1/s1. The van der Waals surface area contributed by atoms with E-state index in [0.717, 1.165) is 100 Å². The highest BCUT2D eigenvalue weighted by atomic mass is 32.2. The Morgan fingerprint density at radius 2 is 1.74 bits per heavy atom. The third kappa shape index (κ3) is 3.93. The highest BCUT2D eigenvalue weighted by Gasteiger charge is 2.54. The summed E-state index contributed by atoms with van der Waals surface area (Å²) in [7, 11) is 0. The Labute approximate surface area is 188 Å². The summed E-state index contributed by atoms with van der Waals surface area (Å²) in [5, 5.41) is 9.96. The Kier molecular flexibility index (Phi) is 5.51. The maximum atomic E-state index is 13.5.